The Hall–Kier alpha value is -3.33. The van der Waals surface area contributed by atoms with Crippen molar-refractivity contribution >= 4 is 0 Å². The number of ether oxygens (including phenoxy) is 1. The van der Waals surface area contributed by atoms with Gasteiger partial charge in [-0.05, 0) is 36.4 Å². The Morgan fingerprint density at radius 3 is 2.56 bits per heavy atom. The molecule has 0 saturated heterocycles. The van der Waals surface area contributed by atoms with Gasteiger partial charge in [0.15, 0.2) is 0 Å². The summed E-state index contributed by atoms with van der Waals surface area (Å²) in [6, 6.07) is 13.6. The summed E-state index contributed by atoms with van der Waals surface area (Å²) in [4.78, 5) is 4.12. The molecule has 3 rings (SSSR count). The molecule has 1 aromatic heterocycles. The molecule has 0 aliphatic rings. The number of rotatable bonds is 4. The van der Waals surface area contributed by atoms with Gasteiger partial charge in [-0.3, -0.25) is 0 Å². The molecule has 0 aliphatic heterocycles. The highest BCUT2D eigenvalue weighted by atomic mass is 19.1. The van der Waals surface area contributed by atoms with Crippen LogP contribution < -0.4 is 4.74 Å². The fourth-order valence-corrected chi connectivity index (χ4v) is 2.22. The van der Waals surface area contributed by atoms with Crippen LogP contribution in [0.5, 0.6) is 5.88 Å². The quantitative estimate of drug-likeness (QED) is 0.696. The highest BCUT2D eigenvalue weighted by Crippen LogP contribution is 2.24. The second kappa shape index (κ2) is 7.05. The predicted molar refractivity (Wildman–Crippen MR) is 85.0 cm³/mol. The highest BCUT2D eigenvalue weighted by molar-refractivity contribution is 5.60. The maximum absolute atomic E-state index is 13.8. The van der Waals surface area contributed by atoms with E-state index in [2.05, 4.69) is 4.98 Å². The van der Waals surface area contributed by atoms with Crippen molar-refractivity contribution in [1.29, 1.82) is 5.26 Å². The van der Waals surface area contributed by atoms with Gasteiger partial charge < -0.3 is 4.74 Å². The molecule has 124 valence electrons. The zero-order chi connectivity index (χ0) is 17.8. The highest BCUT2D eigenvalue weighted by Gasteiger charge is 2.10. The van der Waals surface area contributed by atoms with Crippen molar-refractivity contribution < 1.29 is 17.9 Å². The predicted octanol–water partition coefficient (Wildman–Crippen LogP) is 4.62. The standard InChI is InChI=1S/C19H11F3N2O/c20-14-6-7-16(21)15(9-14)18-2-1-3-19(24-18)25-11-13-5-4-12(10-23)8-17(13)22/h1-9H,11H2. The third-order valence-corrected chi connectivity index (χ3v) is 3.49. The van der Waals surface area contributed by atoms with E-state index in [0.29, 0.717) is 0 Å². The summed E-state index contributed by atoms with van der Waals surface area (Å²) in [6.07, 6.45) is 0. The molecule has 0 atom stereocenters. The van der Waals surface area contributed by atoms with E-state index in [9.17, 15) is 13.2 Å². The second-order valence-electron chi connectivity index (χ2n) is 5.19. The van der Waals surface area contributed by atoms with Gasteiger partial charge in [0.2, 0.25) is 5.88 Å². The van der Waals surface area contributed by atoms with Crippen molar-refractivity contribution in [3.8, 4) is 23.2 Å². The zero-order valence-electron chi connectivity index (χ0n) is 12.8. The SMILES string of the molecule is N#Cc1ccc(COc2cccc(-c3cc(F)ccc3F)n2)c(F)c1. The summed E-state index contributed by atoms with van der Waals surface area (Å²) in [5.74, 6) is -1.61. The Labute approximate surface area is 141 Å². The van der Waals surface area contributed by atoms with Crippen LogP contribution in [0, 0.1) is 28.8 Å². The lowest BCUT2D eigenvalue weighted by molar-refractivity contribution is 0.288. The lowest BCUT2D eigenvalue weighted by Crippen LogP contribution is -2.01. The first-order valence-corrected chi connectivity index (χ1v) is 7.30. The summed E-state index contributed by atoms with van der Waals surface area (Å²) in [7, 11) is 0. The maximum atomic E-state index is 13.8. The fraction of sp³-hybridized carbons (Fsp3) is 0.0526. The van der Waals surface area contributed by atoms with Crippen molar-refractivity contribution in [3.63, 3.8) is 0 Å². The minimum atomic E-state index is -0.607. The van der Waals surface area contributed by atoms with Crippen LogP contribution in [-0.2, 0) is 6.61 Å². The maximum Gasteiger partial charge on any atom is 0.214 e. The molecule has 1 heterocycles. The molecular formula is C19H11F3N2O. The number of hydrogen-bond donors (Lipinski definition) is 0. The molecule has 0 saturated carbocycles. The van der Waals surface area contributed by atoms with Gasteiger partial charge in [-0.2, -0.15) is 5.26 Å². The Bertz CT molecular complexity index is 967. The summed E-state index contributed by atoms with van der Waals surface area (Å²) in [5, 5.41) is 8.73. The monoisotopic (exact) mass is 340 g/mol. The minimum absolute atomic E-state index is 0.00926. The molecule has 0 aliphatic carbocycles. The van der Waals surface area contributed by atoms with Crippen LogP contribution in [0.2, 0.25) is 0 Å². The molecule has 0 fully saturated rings. The van der Waals surface area contributed by atoms with Gasteiger partial charge in [0.25, 0.3) is 0 Å². The van der Waals surface area contributed by atoms with Gasteiger partial charge in [-0.25, -0.2) is 18.2 Å². The lowest BCUT2D eigenvalue weighted by atomic mass is 10.1. The van der Waals surface area contributed by atoms with Gasteiger partial charge in [0.1, 0.15) is 24.1 Å². The van der Waals surface area contributed by atoms with E-state index < -0.39 is 17.5 Å². The smallest absolute Gasteiger partial charge is 0.214 e. The molecule has 0 N–H and O–H groups in total. The molecule has 25 heavy (non-hydrogen) atoms. The number of hydrogen-bond acceptors (Lipinski definition) is 3. The fourth-order valence-electron chi connectivity index (χ4n) is 2.22. The van der Waals surface area contributed by atoms with E-state index in [-0.39, 0.29) is 34.9 Å². The van der Waals surface area contributed by atoms with Crippen molar-refractivity contribution in [3.05, 3.63) is 83.2 Å². The Kier molecular flexibility index (Phi) is 4.66. The van der Waals surface area contributed by atoms with Crippen LogP contribution in [0.3, 0.4) is 0 Å². The number of benzene rings is 2. The molecule has 3 nitrogen and oxygen atoms in total. The summed E-state index contributed by atoms with van der Waals surface area (Å²) >= 11 is 0. The largest absolute Gasteiger partial charge is 0.473 e. The lowest BCUT2D eigenvalue weighted by Gasteiger charge is -2.09. The van der Waals surface area contributed by atoms with Crippen LogP contribution in [0.4, 0.5) is 13.2 Å². The van der Waals surface area contributed by atoms with Crippen LogP contribution in [-0.4, -0.2) is 4.98 Å². The third kappa shape index (κ3) is 3.78. The normalized spacial score (nSPS) is 10.3. The van der Waals surface area contributed by atoms with Crippen LogP contribution in [0.1, 0.15) is 11.1 Å². The molecular weight excluding hydrogens is 329 g/mol. The van der Waals surface area contributed by atoms with Gasteiger partial charge in [0.05, 0.1) is 17.3 Å². The van der Waals surface area contributed by atoms with E-state index in [4.69, 9.17) is 10.00 Å². The van der Waals surface area contributed by atoms with Crippen LogP contribution >= 0.6 is 0 Å². The Balaban J connectivity index is 1.81. The first kappa shape index (κ1) is 16.5. The van der Waals surface area contributed by atoms with Crippen molar-refractivity contribution in [2.75, 3.05) is 0 Å². The third-order valence-electron chi connectivity index (χ3n) is 3.49. The minimum Gasteiger partial charge on any atom is -0.473 e. The zero-order valence-corrected chi connectivity index (χ0v) is 12.8. The average molecular weight is 340 g/mol. The van der Waals surface area contributed by atoms with Gasteiger partial charge in [-0.1, -0.05) is 12.1 Å². The molecule has 3 aromatic rings. The number of nitriles is 1. The second-order valence-corrected chi connectivity index (χ2v) is 5.19. The molecule has 0 bridgehead atoms. The molecule has 0 unspecified atom stereocenters. The van der Waals surface area contributed by atoms with Crippen LogP contribution in [0.25, 0.3) is 11.3 Å². The summed E-state index contributed by atoms with van der Waals surface area (Å²) in [6.45, 7) is -0.111. The van der Waals surface area contributed by atoms with E-state index in [1.165, 1.54) is 24.3 Å². The van der Waals surface area contributed by atoms with Crippen LogP contribution in [0.15, 0.2) is 54.6 Å². The molecule has 0 amide bonds. The molecule has 6 heteroatoms. The number of nitrogens with zero attached hydrogens (tertiary/aromatic N) is 2. The van der Waals surface area contributed by atoms with Gasteiger partial charge in [-0.15, -0.1) is 0 Å². The average Bonchev–Trinajstić information content (AvgIpc) is 2.63. The van der Waals surface area contributed by atoms with Crippen molar-refractivity contribution in [2.24, 2.45) is 0 Å². The number of halogens is 3. The van der Waals surface area contributed by atoms with E-state index in [1.807, 2.05) is 6.07 Å². The van der Waals surface area contributed by atoms with Crippen molar-refractivity contribution in [2.45, 2.75) is 6.61 Å². The molecule has 2 aromatic carbocycles. The first-order chi connectivity index (χ1) is 12.1. The number of pyridine rings is 1. The van der Waals surface area contributed by atoms with Gasteiger partial charge in [0, 0.05) is 17.2 Å². The van der Waals surface area contributed by atoms with E-state index >= 15 is 0 Å². The number of aromatic nitrogens is 1. The van der Waals surface area contributed by atoms with Gasteiger partial charge >= 0.3 is 0 Å². The molecule has 0 radical (unpaired) electrons. The summed E-state index contributed by atoms with van der Waals surface area (Å²) in [5.41, 5.74) is 0.677. The first-order valence-electron chi connectivity index (χ1n) is 7.30. The summed E-state index contributed by atoms with van der Waals surface area (Å²) < 4.78 is 46.4. The molecule has 0 spiro atoms. The Morgan fingerprint density at radius 1 is 0.960 bits per heavy atom. The van der Waals surface area contributed by atoms with Crippen molar-refractivity contribution in [1.82, 2.24) is 4.98 Å². The van der Waals surface area contributed by atoms with E-state index in [0.717, 1.165) is 24.3 Å². The topological polar surface area (TPSA) is 45.9 Å². The van der Waals surface area contributed by atoms with E-state index in [1.54, 1.807) is 6.07 Å². The Morgan fingerprint density at radius 2 is 1.80 bits per heavy atom.